The monoisotopic (exact) mass is 450 g/mol. The Bertz CT molecular complexity index is 518. The number of guanidine groups is 1. The van der Waals surface area contributed by atoms with Crippen LogP contribution in [-0.2, 0) is 16.1 Å². The molecule has 2 N–H and O–H groups in total. The van der Waals surface area contributed by atoms with Crippen molar-refractivity contribution in [1.82, 2.24) is 15.5 Å². The van der Waals surface area contributed by atoms with Gasteiger partial charge in [0.25, 0.3) is 0 Å². The Labute approximate surface area is 157 Å². The first-order valence-corrected chi connectivity index (χ1v) is 8.51. The van der Waals surface area contributed by atoms with Gasteiger partial charge in [-0.15, -0.1) is 24.0 Å². The summed E-state index contributed by atoms with van der Waals surface area (Å²) in [6.45, 7) is 4.27. The molecule has 1 fully saturated rings. The van der Waals surface area contributed by atoms with Crippen molar-refractivity contribution in [2.24, 2.45) is 4.99 Å². The second-order valence-corrected chi connectivity index (χ2v) is 5.83. The Kier molecular flexibility index (Phi) is 9.15. The molecule has 0 unspecified atom stereocenters. The highest BCUT2D eigenvalue weighted by molar-refractivity contribution is 14.0. The molecule has 1 aliphatic heterocycles. The molecule has 0 aliphatic carbocycles. The molecule has 1 aliphatic rings. The van der Waals surface area contributed by atoms with Gasteiger partial charge in [-0.3, -0.25) is 14.5 Å². The number of nitrogens with zero attached hydrogens (tertiary/aromatic N) is 2. The number of hydrogen-bond acceptors (Lipinski definition) is 4. The van der Waals surface area contributed by atoms with Gasteiger partial charge in [-0.2, -0.15) is 11.3 Å². The Hall–Kier alpha value is -1.16. The average molecular weight is 450 g/mol. The molecular formula is C15H23IN4O2S. The van der Waals surface area contributed by atoms with Crippen molar-refractivity contribution in [2.45, 2.75) is 32.7 Å². The van der Waals surface area contributed by atoms with Gasteiger partial charge in [0.2, 0.25) is 11.8 Å². The minimum absolute atomic E-state index is 0. The molecule has 2 heterocycles. The number of imide groups is 1. The van der Waals surface area contributed by atoms with Crippen molar-refractivity contribution in [1.29, 1.82) is 0 Å². The van der Waals surface area contributed by atoms with Crippen LogP contribution < -0.4 is 10.6 Å². The van der Waals surface area contributed by atoms with E-state index in [1.54, 1.807) is 11.3 Å². The Morgan fingerprint density at radius 1 is 1.30 bits per heavy atom. The van der Waals surface area contributed by atoms with Crippen molar-refractivity contribution in [2.75, 3.05) is 19.6 Å². The number of aliphatic imine (C=N–C) groups is 1. The van der Waals surface area contributed by atoms with E-state index in [1.807, 2.05) is 18.4 Å². The van der Waals surface area contributed by atoms with Crippen molar-refractivity contribution in [3.63, 3.8) is 0 Å². The third-order valence-electron chi connectivity index (χ3n) is 3.36. The minimum atomic E-state index is -0.0711. The third kappa shape index (κ3) is 6.46. The zero-order valence-corrected chi connectivity index (χ0v) is 16.4. The Balaban J connectivity index is 0.00000264. The molecule has 1 aromatic rings. The summed E-state index contributed by atoms with van der Waals surface area (Å²) in [6.07, 6.45) is 1.61. The summed E-state index contributed by atoms with van der Waals surface area (Å²) in [6, 6.07) is 2.04. The van der Waals surface area contributed by atoms with E-state index >= 15 is 0 Å². The van der Waals surface area contributed by atoms with Crippen molar-refractivity contribution < 1.29 is 9.59 Å². The van der Waals surface area contributed by atoms with Crippen LogP contribution in [-0.4, -0.2) is 42.3 Å². The number of rotatable bonds is 6. The molecular weight excluding hydrogens is 427 g/mol. The summed E-state index contributed by atoms with van der Waals surface area (Å²) in [4.78, 5) is 29.3. The van der Waals surface area contributed by atoms with Crippen molar-refractivity contribution in [3.8, 4) is 0 Å². The number of carbonyl (C=O) groups excluding carboxylic acids is 2. The number of nitrogens with one attached hydrogen (secondary N) is 2. The second-order valence-electron chi connectivity index (χ2n) is 5.05. The molecule has 0 atom stereocenters. The van der Waals surface area contributed by atoms with Crippen LogP contribution in [0.2, 0.25) is 0 Å². The fourth-order valence-corrected chi connectivity index (χ4v) is 2.89. The van der Waals surface area contributed by atoms with E-state index in [4.69, 9.17) is 0 Å². The standard InChI is InChI=1S/C15H22N4O2S.HI/c1-2-16-15(18-10-12-6-9-22-11-12)17-7-8-19-13(20)4-3-5-14(19)21;/h6,9,11H,2-5,7-8,10H2,1H3,(H2,16,17,18);1H. The number of amides is 2. The highest BCUT2D eigenvalue weighted by Gasteiger charge is 2.25. The summed E-state index contributed by atoms with van der Waals surface area (Å²) in [7, 11) is 0. The lowest BCUT2D eigenvalue weighted by atomic mass is 10.1. The van der Waals surface area contributed by atoms with Crippen molar-refractivity contribution in [3.05, 3.63) is 22.4 Å². The topological polar surface area (TPSA) is 73.8 Å². The second kappa shape index (κ2) is 10.6. The highest BCUT2D eigenvalue weighted by atomic mass is 127. The normalized spacial score (nSPS) is 15.3. The van der Waals surface area contributed by atoms with Gasteiger partial charge in [-0.05, 0) is 35.7 Å². The summed E-state index contributed by atoms with van der Waals surface area (Å²) >= 11 is 1.65. The number of carbonyl (C=O) groups is 2. The number of halogens is 1. The first-order chi connectivity index (χ1) is 10.7. The molecule has 23 heavy (non-hydrogen) atoms. The maximum absolute atomic E-state index is 11.7. The lowest BCUT2D eigenvalue weighted by Crippen LogP contribution is -2.46. The van der Waals surface area contributed by atoms with Gasteiger partial charge in [0.15, 0.2) is 5.96 Å². The van der Waals surface area contributed by atoms with Crippen LogP contribution in [0, 0.1) is 0 Å². The van der Waals surface area contributed by atoms with E-state index in [0.717, 1.165) is 6.54 Å². The number of likely N-dealkylation sites (tertiary alicyclic amines) is 1. The largest absolute Gasteiger partial charge is 0.357 e. The van der Waals surface area contributed by atoms with Crippen LogP contribution in [0.1, 0.15) is 31.7 Å². The van der Waals surface area contributed by atoms with E-state index in [9.17, 15) is 9.59 Å². The summed E-state index contributed by atoms with van der Waals surface area (Å²) < 4.78 is 0. The lowest BCUT2D eigenvalue weighted by molar-refractivity contribution is -0.147. The van der Waals surface area contributed by atoms with E-state index < -0.39 is 0 Å². The number of hydrogen-bond donors (Lipinski definition) is 2. The lowest BCUT2D eigenvalue weighted by Gasteiger charge is -2.25. The predicted octanol–water partition coefficient (Wildman–Crippen LogP) is 1.96. The van der Waals surface area contributed by atoms with Gasteiger partial charge in [-0.1, -0.05) is 0 Å². The van der Waals surface area contributed by atoms with Crippen LogP contribution in [0.25, 0.3) is 0 Å². The Morgan fingerprint density at radius 2 is 2.04 bits per heavy atom. The highest BCUT2D eigenvalue weighted by Crippen LogP contribution is 2.11. The Morgan fingerprint density at radius 3 is 2.65 bits per heavy atom. The van der Waals surface area contributed by atoms with Crippen LogP contribution >= 0.6 is 35.3 Å². The van der Waals surface area contributed by atoms with Crippen LogP contribution in [0.4, 0.5) is 0 Å². The number of piperidine rings is 1. The van der Waals surface area contributed by atoms with E-state index in [-0.39, 0.29) is 35.8 Å². The summed E-state index contributed by atoms with van der Waals surface area (Å²) in [5, 5.41) is 10.4. The van der Waals surface area contributed by atoms with E-state index in [1.165, 1.54) is 10.5 Å². The summed E-state index contributed by atoms with van der Waals surface area (Å²) in [5.41, 5.74) is 1.17. The van der Waals surface area contributed by atoms with Crippen LogP contribution in [0.5, 0.6) is 0 Å². The van der Waals surface area contributed by atoms with Gasteiger partial charge >= 0.3 is 0 Å². The van der Waals surface area contributed by atoms with Gasteiger partial charge in [0.1, 0.15) is 0 Å². The smallest absolute Gasteiger partial charge is 0.229 e. The van der Waals surface area contributed by atoms with Gasteiger partial charge in [-0.25, -0.2) is 4.99 Å². The summed E-state index contributed by atoms with van der Waals surface area (Å²) in [5.74, 6) is 0.558. The average Bonchev–Trinajstić information content (AvgIpc) is 3.01. The zero-order chi connectivity index (χ0) is 15.8. The van der Waals surface area contributed by atoms with Crippen LogP contribution in [0.15, 0.2) is 21.8 Å². The zero-order valence-electron chi connectivity index (χ0n) is 13.2. The minimum Gasteiger partial charge on any atom is -0.357 e. The van der Waals surface area contributed by atoms with Gasteiger partial charge < -0.3 is 10.6 Å². The first kappa shape index (κ1) is 19.9. The predicted molar refractivity (Wildman–Crippen MR) is 103 cm³/mol. The fraction of sp³-hybridized carbons (Fsp3) is 0.533. The molecule has 128 valence electrons. The quantitative estimate of drug-likeness (QED) is 0.301. The first-order valence-electron chi connectivity index (χ1n) is 7.57. The number of thiophene rings is 1. The fourth-order valence-electron chi connectivity index (χ4n) is 2.23. The SMILES string of the molecule is CCNC(=NCc1ccsc1)NCCN1C(=O)CCCC1=O.I. The van der Waals surface area contributed by atoms with Crippen molar-refractivity contribution >= 4 is 53.1 Å². The van der Waals surface area contributed by atoms with Crippen LogP contribution in [0.3, 0.4) is 0 Å². The molecule has 0 saturated carbocycles. The molecule has 2 rings (SSSR count). The molecule has 1 aromatic heterocycles. The molecule has 0 spiro atoms. The molecule has 0 bridgehead atoms. The maximum Gasteiger partial charge on any atom is 0.229 e. The van der Waals surface area contributed by atoms with Gasteiger partial charge in [0, 0.05) is 32.5 Å². The molecule has 0 radical (unpaired) electrons. The molecule has 1 saturated heterocycles. The molecule has 2 amide bonds. The van der Waals surface area contributed by atoms with E-state index in [0.29, 0.717) is 44.9 Å². The van der Waals surface area contributed by atoms with E-state index in [2.05, 4.69) is 21.0 Å². The molecule has 6 nitrogen and oxygen atoms in total. The third-order valence-corrected chi connectivity index (χ3v) is 4.09. The maximum atomic E-state index is 11.7. The van der Waals surface area contributed by atoms with Gasteiger partial charge in [0.05, 0.1) is 6.54 Å². The molecule has 0 aromatic carbocycles. The molecule has 8 heteroatoms.